The number of ether oxygens (including phenoxy) is 3. The Hall–Kier alpha value is -1.95. The van der Waals surface area contributed by atoms with Gasteiger partial charge in [0.15, 0.2) is 6.10 Å². The predicted molar refractivity (Wildman–Crippen MR) is 109 cm³/mol. The fourth-order valence-electron chi connectivity index (χ4n) is 2.23. The van der Waals surface area contributed by atoms with Crippen molar-refractivity contribution in [2.24, 2.45) is 0 Å². The Morgan fingerprint density at radius 2 is 1.64 bits per heavy atom. The third-order valence-corrected chi connectivity index (χ3v) is 4.43. The van der Waals surface area contributed by atoms with Crippen LogP contribution in [0.5, 0.6) is 11.5 Å². The van der Waals surface area contributed by atoms with E-state index in [9.17, 15) is 9.59 Å². The van der Waals surface area contributed by atoms with Gasteiger partial charge in [-0.2, -0.15) is 0 Å². The second-order valence-corrected chi connectivity index (χ2v) is 7.27. The number of carbonyl (C=O) groups excluding carboxylic acids is 2. The standard InChI is InChI=1S/C20H19Cl3O5/c1-12-10-14(21)5-7-17(12)26-9-3-4-19(24)28-20(25)13(2)27-18-8-6-15(22)11-16(18)23/h5-8,10-11,13H,3-4,9H2,1-2H3. The van der Waals surface area contributed by atoms with Crippen molar-refractivity contribution in [2.45, 2.75) is 32.8 Å². The molecule has 1 unspecified atom stereocenters. The van der Waals surface area contributed by atoms with E-state index in [1.807, 2.05) is 6.92 Å². The molecule has 0 fully saturated rings. The number of rotatable bonds is 8. The number of hydrogen-bond donors (Lipinski definition) is 0. The SMILES string of the molecule is Cc1cc(Cl)ccc1OCCCC(=O)OC(=O)C(C)Oc1ccc(Cl)cc1Cl. The summed E-state index contributed by atoms with van der Waals surface area (Å²) >= 11 is 17.7. The van der Waals surface area contributed by atoms with Crippen LogP contribution < -0.4 is 9.47 Å². The highest BCUT2D eigenvalue weighted by atomic mass is 35.5. The summed E-state index contributed by atoms with van der Waals surface area (Å²) in [5, 5.41) is 1.33. The van der Waals surface area contributed by atoms with Crippen molar-refractivity contribution in [1.29, 1.82) is 0 Å². The van der Waals surface area contributed by atoms with Crippen molar-refractivity contribution in [2.75, 3.05) is 6.61 Å². The Kier molecular flexibility index (Phi) is 8.42. The van der Waals surface area contributed by atoms with Gasteiger partial charge in [-0.05, 0) is 62.2 Å². The summed E-state index contributed by atoms with van der Waals surface area (Å²) in [6, 6.07) is 9.88. The zero-order valence-electron chi connectivity index (χ0n) is 15.3. The van der Waals surface area contributed by atoms with Crippen molar-refractivity contribution in [3.63, 3.8) is 0 Å². The number of halogens is 3. The largest absolute Gasteiger partial charge is 0.493 e. The monoisotopic (exact) mass is 444 g/mol. The quantitative estimate of drug-likeness (QED) is 0.298. The topological polar surface area (TPSA) is 61.8 Å². The van der Waals surface area contributed by atoms with E-state index in [-0.39, 0.29) is 17.2 Å². The molecule has 2 aromatic rings. The van der Waals surface area contributed by atoms with Crippen LogP contribution in [0.15, 0.2) is 36.4 Å². The Balaban J connectivity index is 1.73. The maximum Gasteiger partial charge on any atom is 0.354 e. The molecule has 0 aromatic heterocycles. The molecule has 0 N–H and O–H groups in total. The predicted octanol–water partition coefficient (Wildman–Crippen LogP) is 5.65. The molecule has 0 amide bonds. The molecular formula is C20H19Cl3O5. The molecule has 0 heterocycles. The first kappa shape index (κ1) is 22.3. The van der Waals surface area contributed by atoms with Crippen LogP contribution in [0.1, 0.15) is 25.3 Å². The molecule has 2 rings (SSSR count). The highest BCUT2D eigenvalue weighted by molar-refractivity contribution is 6.35. The van der Waals surface area contributed by atoms with Crippen LogP contribution in [0.3, 0.4) is 0 Å². The van der Waals surface area contributed by atoms with Crippen LogP contribution >= 0.6 is 34.8 Å². The van der Waals surface area contributed by atoms with Gasteiger partial charge in [-0.3, -0.25) is 4.79 Å². The lowest BCUT2D eigenvalue weighted by Gasteiger charge is -2.14. The average Bonchev–Trinajstić information content (AvgIpc) is 2.62. The fourth-order valence-corrected chi connectivity index (χ4v) is 2.91. The lowest BCUT2D eigenvalue weighted by molar-refractivity contribution is -0.164. The van der Waals surface area contributed by atoms with E-state index in [1.165, 1.54) is 19.1 Å². The van der Waals surface area contributed by atoms with Gasteiger partial charge < -0.3 is 14.2 Å². The number of hydrogen-bond acceptors (Lipinski definition) is 5. The molecule has 0 bridgehead atoms. The molecule has 0 aliphatic carbocycles. The Bertz CT molecular complexity index is 854. The maximum atomic E-state index is 12.0. The number of carbonyl (C=O) groups is 2. The van der Waals surface area contributed by atoms with Crippen molar-refractivity contribution in [3.8, 4) is 11.5 Å². The van der Waals surface area contributed by atoms with Crippen LogP contribution in [0.25, 0.3) is 0 Å². The van der Waals surface area contributed by atoms with Crippen LogP contribution in [0.4, 0.5) is 0 Å². The van der Waals surface area contributed by atoms with Crippen LogP contribution in [0, 0.1) is 6.92 Å². The van der Waals surface area contributed by atoms with Crippen LogP contribution in [-0.2, 0) is 14.3 Å². The maximum absolute atomic E-state index is 12.0. The molecule has 28 heavy (non-hydrogen) atoms. The lowest BCUT2D eigenvalue weighted by atomic mass is 10.2. The van der Waals surface area contributed by atoms with E-state index in [4.69, 9.17) is 49.0 Å². The van der Waals surface area contributed by atoms with E-state index in [0.29, 0.717) is 28.8 Å². The summed E-state index contributed by atoms with van der Waals surface area (Å²) in [7, 11) is 0. The minimum absolute atomic E-state index is 0.0345. The van der Waals surface area contributed by atoms with Crippen molar-refractivity contribution in [3.05, 3.63) is 57.0 Å². The Morgan fingerprint density at radius 1 is 1.00 bits per heavy atom. The first-order valence-corrected chi connectivity index (χ1v) is 9.65. The van der Waals surface area contributed by atoms with Gasteiger partial charge in [-0.15, -0.1) is 0 Å². The highest BCUT2D eigenvalue weighted by Crippen LogP contribution is 2.28. The third-order valence-electron chi connectivity index (χ3n) is 3.66. The number of benzene rings is 2. The zero-order chi connectivity index (χ0) is 20.7. The first-order valence-electron chi connectivity index (χ1n) is 8.51. The Morgan fingerprint density at radius 3 is 2.29 bits per heavy atom. The van der Waals surface area contributed by atoms with Gasteiger partial charge >= 0.3 is 11.9 Å². The minimum atomic E-state index is -1.00. The van der Waals surface area contributed by atoms with Gasteiger partial charge in [-0.25, -0.2) is 4.79 Å². The summed E-state index contributed by atoms with van der Waals surface area (Å²) in [6.07, 6.45) is -0.574. The summed E-state index contributed by atoms with van der Waals surface area (Å²) in [6.45, 7) is 3.65. The van der Waals surface area contributed by atoms with Gasteiger partial charge in [0.05, 0.1) is 11.6 Å². The number of esters is 2. The van der Waals surface area contributed by atoms with Gasteiger partial charge in [0.2, 0.25) is 0 Å². The van der Waals surface area contributed by atoms with Gasteiger partial charge in [0, 0.05) is 16.5 Å². The molecule has 0 saturated heterocycles. The van der Waals surface area contributed by atoms with Crippen molar-refractivity contribution in [1.82, 2.24) is 0 Å². The molecule has 0 saturated carbocycles. The van der Waals surface area contributed by atoms with E-state index in [2.05, 4.69) is 0 Å². The molecule has 0 radical (unpaired) electrons. The third kappa shape index (κ3) is 6.89. The van der Waals surface area contributed by atoms with Gasteiger partial charge in [0.25, 0.3) is 0 Å². The molecule has 8 heteroatoms. The zero-order valence-corrected chi connectivity index (χ0v) is 17.6. The van der Waals surface area contributed by atoms with E-state index in [0.717, 1.165) is 5.56 Å². The molecule has 0 aliphatic rings. The van der Waals surface area contributed by atoms with Gasteiger partial charge in [-0.1, -0.05) is 34.8 Å². The molecule has 1 atom stereocenters. The second kappa shape index (κ2) is 10.6. The normalized spacial score (nSPS) is 11.6. The number of aryl methyl sites for hydroxylation is 1. The van der Waals surface area contributed by atoms with E-state index in [1.54, 1.807) is 24.3 Å². The molecule has 150 valence electrons. The summed E-state index contributed by atoms with van der Waals surface area (Å²) < 4.78 is 15.8. The molecule has 2 aromatic carbocycles. The van der Waals surface area contributed by atoms with Crippen molar-refractivity contribution >= 4 is 46.7 Å². The first-order chi connectivity index (χ1) is 13.3. The smallest absolute Gasteiger partial charge is 0.354 e. The molecule has 0 aliphatic heterocycles. The van der Waals surface area contributed by atoms with Crippen LogP contribution in [-0.4, -0.2) is 24.6 Å². The van der Waals surface area contributed by atoms with E-state index < -0.39 is 18.0 Å². The Labute approximate surface area is 178 Å². The second-order valence-electron chi connectivity index (χ2n) is 5.99. The van der Waals surface area contributed by atoms with Gasteiger partial charge in [0.1, 0.15) is 11.5 Å². The lowest BCUT2D eigenvalue weighted by Crippen LogP contribution is -2.28. The average molecular weight is 446 g/mol. The van der Waals surface area contributed by atoms with E-state index >= 15 is 0 Å². The highest BCUT2D eigenvalue weighted by Gasteiger charge is 2.21. The molecular weight excluding hydrogens is 427 g/mol. The minimum Gasteiger partial charge on any atom is -0.493 e. The van der Waals surface area contributed by atoms with Crippen molar-refractivity contribution < 1.29 is 23.8 Å². The molecule has 5 nitrogen and oxygen atoms in total. The molecule has 0 spiro atoms. The summed E-state index contributed by atoms with van der Waals surface area (Å²) in [5.74, 6) is -0.491. The van der Waals surface area contributed by atoms with Crippen LogP contribution in [0.2, 0.25) is 15.1 Å². The fraction of sp³-hybridized carbons (Fsp3) is 0.300. The summed E-state index contributed by atoms with van der Waals surface area (Å²) in [4.78, 5) is 23.8. The summed E-state index contributed by atoms with van der Waals surface area (Å²) in [5.41, 5.74) is 0.900.